The largest absolute Gasteiger partial charge is 0.309 e. The zero-order chi connectivity index (χ0) is 50.6. The smallest absolute Gasteiger partial charge is 0.0541 e. The highest BCUT2D eigenvalue weighted by molar-refractivity contribution is 7.27. The Balaban J connectivity index is 0.948. The highest BCUT2D eigenvalue weighted by Crippen LogP contribution is 2.50. The van der Waals surface area contributed by atoms with Gasteiger partial charge in [-0.2, -0.15) is 0 Å². The van der Waals surface area contributed by atoms with Gasteiger partial charge in [0.25, 0.3) is 0 Å². The molecule has 0 fully saturated rings. The number of hydrogen-bond donors (Lipinski definition) is 0. The monoisotopic (exact) mass is 1010 g/mol. The molecule has 0 N–H and O–H groups in total. The van der Waals surface area contributed by atoms with Gasteiger partial charge in [0.2, 0.25) is 0 Å². The maximum atomic E-state index is 2.53. The zero-order valence-corrected chi connectivity index (χ0v) is 43.6. The molecule has 77 heavy (non-hydrogen) atoms. The Kier molecular flexibility index (Phi) is 10.2. The van der Waals surface area contributed by atoms with E-state index in [2.05, 4.69) is 265 Å². The van der Waals surface area contributed by atoms with Crippen molar-refractivity contribution in [3.8, 4) is 61.3 Å². The van der Waals surface area contributed by atoms with Crippen molar-refractivity contribution >= 4 is 102 Å². The molecule has 12 aromatic carbocycles. The van der Waals surface area contributed by atoms with E-state index in [0.717, 1.165) is 18.5 Å². The first kappa shape index (κ1) is 44.2. The Bertz CT molecular complexity index is 4880. The molecule has 0 amide bonds. The number of aryl methyl sites for hydroxylation is 1. The van der Waals surface area contributed by atoms with E-state index in [1.165, 1.54) is 151 Å². The summed E-state index contributed by atoms with van der Waals surface area (Å²) in [5, 5.41) is 11.5. The summed E-state index contributed by atoms with van der Waals surface area (Å²) in [7, 11) is 0. The molecule has 0 atom stereocenters. The first-order valence-electron chi connectivity index (χ1n) is 26.7. The summed E-state index contributed by atoms with van der Waals surface area (Å²) in [6.07, 6.45) is 4.56. The topological polar surface area (TPSA) is 4.93 Å². The van der Waals surface area contributed by atoms with Gasteiger partial charge in [-0.3, -0.25) is 0 Å². The Morgan fingerprint density at radius 2 is 0.753 bits per heavy atom. The SMILES string of the molecule is C1=C(c2ccccc2)c2sc3c(-c4ccc5c(c4)c4cc(-c6cccc7c6sc6c(-c8ccccc8)cccc67)ccc4n5-c4ccc5c(-c6ccccc6)c6ccccc6c(-c6ccccc6)c5c4)cccc3c2CC1. The Labute approximate surface area is 454 Å². The van der Waals surface area contributed by atoms with Gasteiger partial charge in [-0.05, 0) is 149 Å². The van der Waals surface area contributed by atoms with Gasteiger partial charge in [-0.1, -0.05) is 224 Å². The molecule has 0 saturated heterocycles. The predicted molar refractivity (Wildman–Crippen MR) is 333 cm³/mol. The van der Waals surface area contributed by atoms with E-state index in [0.29, 0.717) is 0 Å². The first-order chi connectivity index (χ1) is 38.2. The molecule has 16 rings (SSSR count). The number of benzene rings is 12. The van der Waals surface area contributed by atoms with Gasteiger partial charge >= 0.3 is 0 Å². The number of nitrogens with zero attached hydrogens (tertiary/aromatic N) is 1. The lowest BCUT2D eigenvalue weighted by atomic mass is 9.86. The van der Waals surface area contributed by atoms with E-state index < -0.39 is 0 Å². The summed E-state index contributed by atoms with van der Waals surface area (Å²) >= 11 is 3.88. The Hall–Kier alpha value is -9.12. The number of hydrogen-bond acceptors (Lipinski definition) is 2. The minimum Gasteiger partial charge on any atom is -0.309 e. The van der Waals surface area contributed by atoms with Crippen LogP contribution in [-0.4, -0.2) is 4.57 Å². The van der Waals surface area contributed by atoms with Crippen molar-refractivity contribution in [1.82, 2.24) is 4.57 Å². The van der Waals surface area contributed by atoms with E-state index in [-0.39, 0.29) is 0 Å². The second kappa shape index (κ2) is 17.7. The molecule has 1 aliphatic carbocycles. The zero-order valence-electron chi connectivity index (χ0n) is 42.0. The second-order valence-electron chi connectivity index (χ2n) is 20.5. The Morgan fingerprint density at radius 1 is 0.299 bits per heavy atom. The normalized spacial score (nSPS) is 12.6. The van der Waals surface area contributed by atoms with Crippen LogP contribution in [0.15, 0.2) is 261 Å². The number of aromatic nitrogens is 1. The van der Waals surface area contributed by atoms with Crippen LogP contribution in [0.5, 0.6) is 0 Å². The molecule has 1 aliphatic rings. The van der Waals surface area contributed by atoms with Crippen molar-refractivity contribution in [3.05, 3.63) is 277 Å². The van der Waals surface area contributed by atoms with Crippen LogP contribution in [0.4, 0.5) is 0 Å². The van der Waals surface area contributed by atoms with Crippen LogP contribution in [0.25, 0.3) is 141 Å². The van der Waals surface area contributed by atoms with Crippen molar-refractivity contribution in [1.29, 1.82) is 0 Å². The van der Waals surface area contributed by atoms with Gasteiger partial charge < -0.3 is 4.57 Å². The van der Waals surface area contributed by atoms with Gasteiger partial charge in [0.15, 0.2) is 0 Å². The van der Waals surface area contributed by atoms with E-state index in [4.69, 9.17) is 0 Å². The van der Waals surface area contributed by atoms with E-state index in [1.54, 1.807) is 0 Å². The molecule has 360 valence electrons. The van der Waals surface area contributed by atoms with E-state index in [1.807, 2.05) is 22.7 Å². The van der Waals surface area contributed by atoms with Gasteiger partial charge in [0, 0.05) is 46.2 Å². The van der Waals surface area contributed by atoms with Crippen LogP contribution < -0.4 is 0 Å². The average molecular weight is 1010 g/mol. The lowest BCUT2D eigenvalue weighted by molar-refractivity contribution is 0.998. The molecule has 3 aromatic heterocycles. The molecule has 0 radical (unpaired) electrons. The molecule has 3 heteroatoms. The summed E-state index contributed by atoms with van der Waals surface area (Å²) in [6, 6.07) is 95.0. The van der Waals surface area contributed by atoms with Crippen LogP contribution in [0.3, 0.4) is 0 Å². The molecular formula is C74H47NS2. The van der Waals surface area contributed by atoms with Crippen molar-refractivity contribution < 1.29 is 0 Å². The Morgan fingerprint density at radius 3 is 1.32 bits per heavy atom. The van der Waals surface area contributed by atoms with Crippen molar-refractivity contribution in [2.24, 2.45) is 0 Å². The number of rotatable bonds is 7. The van der Waals surface area contributed by atoms with Crippen LogP contribution in [0, 0.1) is 0 Å². The second-order valence-corrected chi connectivity index (χ2v) is 22.5. The molecule has 0 aliphatic heterocycles. The fourth-order valence-corrected chi connectivity index (χ4v) is 15.7. The fraction of sp³-hybridized carbons (Fsp3) is 0.0270. The van der Waals surface area contributed by atoms with Crippen molar-refractivity contribution in [3.63, 3.8) is 0 Å². The summed E-state index contributed by atoms with van der Waals surface area (Å²) in [5.74, 6) is 0. The summed E-state index contributed by atoms with van der Waals surface area (Å²) in [6.45, 7) is 0. The molecule has 15 aromatic rings. The standard InChI is InChI=1S/C74H47NS2/c1-5-19-46(20-6-1)53-29-15-33-60-62-35-17-31-55(73(62)76-71(53)60)50-37-41-67-64(43-50)65-44-51(56-32-18-36-63-61-34-16-30-54(72(61)77-74(56)63)47-21-7-2-8-22-47)38-42-68(65)75(67)52-39-40-59-66(45-52)70(49-25-11-4-12-26-49)58-28-14-13-27-57(58)69(59)48-23-9-3-10-24-48/h1-15,17-33,35-45H,16,34H2. The van der Waals surface area contributed by atoms with Crippen molar-refractivity contribution in [2.45, 2.75) is 12.8 Å². The number of fused-ring (bicyclic) bond motifs is 11. The summed E-state index contributed by atoms with van der Waals surface area (Å²) < 4.78 is 6.53. The predicted octanol–water partition coefficient (Wildman–Crippen LogP) is 21.4. The summed E-state index contributed by atoms with van der Waals surface area (Å²) in [4.78, 5) is 1.41. The molecule has 0 unspecified atom stereocenters. The number of thiophene rings is 2. The van der Waals surface area contributed by atoms with Gasteiger partial charge in [-0.25, -0.2) is 0 Å². The van der Waals surface area contributed by atoms with Crippen LogP contribution >= 0.6 is 22.7 Å². The maximum absolute atomic E-state index is 2.53. The summed E-state index contributed by atoms with van der Waals surface area (Å²) in [5.41, 5.74) is 20.1. The highest BCUT2D eigenvalue weighted by atomic mass is 32.1. The fourth-order valence-electron chi connectivity index (χ4n) is 12.9. The molecule has 0 spiro atoms. The minimum atomic E-state index is 1.05. The quantitative estimate of drug-likeness (QED) is 0.140. The molecule has 1 nitrogen and oxygen atoms in total. The lowest BCUT2D eigenvalue weighted by Crippen LogP contribution is -1.97. The highest BCUT2D eigenvalue weighted by Gasteiger charge is 2.24. The first-order valence-corrected chi connectivity index (χ1v) is 28.3. The van der Waals surface area contributed by atoms with Crippen LogP contribution in [0.2, 0.25) is 0 Å². The van der Waals surface area contributed by atoms with Crippen LogP contribution in [0.1, 0.15) is 22.4 Å². The van der Waals surface area contributed by atoms with Crippen molar-refractivity contribution in [2.75, 3.05) is 0 Å². The third-order valence-corrected chi connectivity index (χ3v) is 18.9. The molecule has 0 bridgehead atoms. The van der Waals surface area contributed by atoms with Gasteiger partial charge in [0.1, 0.15) is 0 Å². The third kappa shape index (κ3) is 6.98. The van der Waals surface area contributed by atoms with Gasteiger partial charge in [0.05, 0.1) is 11.0 Å². The lowest BCUT2D eigenvalue weighted by Gasteiger charge is -2.19. The van der Waals surface area contributed by atoms with Gasteiger partial charge in [-0.15, -0.1) is 22.7 Å². The molecule has 3 heterocycles. The minimum absolute atomic E-state index is 1.05. The molecule has 0 saturated carbocycles. The third-order valence-electron chi connectivity index (χ3n) is 16.3. The number of allylic oxidation sites excluding steroid dienone is 1. The van der Waals surface area contributed by atoms with E-state index in [9.17, 15) is 0 Å². The van der Waals surface area contributed by atoms with Crippen LogP contribution in [-0.2, 0) is 6.42 Å². The van der Waals surface area contributed by atoms with E-state index >= 15 is 0 Å². The average Bonchev–Trinajstić information content (AvgIpc) is 4.19. The maximum Gasteiger partial charge on any atom is 0.0541 e. The molecular weight excluding hydrogens is 967 g/mol.